The molecule has 7 nitrogen and oxygen atoms in total. The maximum atomic E-state index is 15.7. The first kappa shape index (κ1) is 31.4. The lowest BCUT2D eigenvalue weighted by Crippen LogP contribution is -2.21. The van der Waals surface area contributed by atoms with E-state index in [1.807, 2.05) is 18.2 Å². The number of allylic oxidation sites excluding steroid dienone is 1. The van der Waals surface area contributed by atoms with Crippen molar-refractivity contribution >= 4 is 48.3 Å². The Morgan fingerprint density at radius 1 is 0.460 bits per heavy atom. The van der Waals surface area contributed by atoms with Crippen LogP contribution in [0.15, 0.2) is 165 Å². The number of fused-ring (bicyclic) bond motifs is 6. The van der Waals surface area contributed by atoms with Crippen molar-refractivity contribution in [3.05, 3.63) is 156 Å². The van der Waals surface area contributed by atoms with Gasteiger partial charge in [0.2, 0.25) is 19.7 Å². The molecule has 0 spiro atoms. The molecule has 0 radical (unpaired) electrons. The first-order valence-electron chi connectivity index (χ1n) is 15.4. The molecule has 0 N–H and O–H groups in total. The summed E-state index contributed by atoms with van der Waals surface area (Å²) in [7, 11) is -11.6. The maximum Gasteiger partial charge on any atom is 0.206 e. The molecule has 0 saturated carbocycles. The lowest BCUT2D eigenvalue weighted by molar-refractivity contribution is 0.592. The number of nitrogens with zero attached hydrogens (tertiary/aromatic N) is 2. The Kier molecular flexibility index (Phi) is 7.15. The van der Waals surface area contributed by atoms with Crippen LogP contribution in [0.1, 0.15) is 11.1 Å². The Hall–Kier alpha value is -5.83. The number of hydrogen-bond acceptors (Lipinski definition) is 7. The van der Waals surface area contributed by atoms with Gasteiger partial charge in [-0.1, -0.05) is 78.9 Å². The van der Waals surface area contributed by atoms with Gasteiger partial charge < -0.3 is 4.57 Å². The predicted octanol–water partition coefficient (Wildman–Crippen LogP) is 6.80. The summed E-state index contributed by atoms with van der Waals surface area (Å²) in [5.41, 5.74) is 3.36. The van der Waals surface area contributed by atoms with E-state index < -0.39 is 26.8 Å². The molecular weight excluding hydrogens is 684 g/mol. The Morgan fingerprint density at radius 2 is 0.940 bits per heavy atom. The van der Waals surface area contributed by atoms with Gasteiger partial charge in [0.15, 0.2) is 7.14 Å². The van der Waals surface area contributed by atoms with E-state index in [1.54, 1.807) is 84.9 Å². The quantitative estimate of drug-likeness (QED) is 0.142. The van der Waals surface area contributed by atoms with Crippen molar-refractivity contribution < 1.29 is 21.4 Å². The normalized spacial score (nSPS) is 15.6. The second kappa shape index (κ2) is 11.4. The molecule has 6 aromatic rings. The number of hydrogen-bond donors (Lipinski definition) is 0. The van der Waals surface area contributed by atoms with Gasteiger partial charge in [0.1, 0.15) is 17.7 Å². The van der Waals surface area contributed by atoms with Crippen molar-refractivity contribution in [3.8, 4) is 34.4 Å². The van der Waals surface area contributed by atoms with Crippen molar-refractivity contribution in [1.29, 1.82) is 10.5 Å². The highest BCUT2D eigenvalue weighted by Crippen LogP contribution is 2.56. The zero-order chi connectivity index (χ0) is 34.8. The van der Waals surface area contributed by atoms with Crippen LogP contribution in [0.25, 0.3) is 27.8 Å². The minimum atomic E-state index is -3.94. The van der Waals surface area contributed by atoms with Crippen molar-refractivity contribution in [1.82, 2.24) is 0 Å². The average Bonchev–Trinajstić information content (AvgIpc) is 3.61. The van der Waals surface area contributed by atoms with Crippen LogP contribution in [0.4, 0.5) is 0 Å². The Bertz CT molecular complexity index is 2810. The molecule has 0 bridgehead atoms. The van der Waals surface area contributed by atoms with Crippen molar-refractivity contribution in [3.63, 3.8) is 0 Å². The topological polar surface area (TPSA) is 133 Å². The minimum Gasteiger partial charge on any atom is -0.309 e. The van der Waals surface area contributed by atoms with Crippen LogP contribution in [0.2, 0.25) is 0 Å². The monoisotopic (exact) mass is 706 g/mol. The zero-order valence-corrected chi connectivity index (χ0v) is 28.5. The smallest absolute Gasteiger partial charge is 0.206 e. The van der Waals surface area contributed by atoms with Crippen molar-refractivity contribution in [2.75, 3.05) is 0 Å². The maximum absolute atomic E-state index is 15.7. The summed E-state index contributed by atoms with van der Waals surface area (Å²) in [4.78, 5) is 0.232. The minimum absolute atomic E-state index is 0.00276. The van der Waals surface area contributed by atoms with Gasteiger partial charge in [0.25, 0.3) is 0 Å². The molecular formula is C40H23N2O5PS2. The summed E-state index contributed by atoms with van der Waals surface area (Å²) in [6.45, 7) is 0. The van der Waals surface area contributed by atoms with Crippen molar-refractivity contribution in [2.24, 2.45) is 0 Å². The van der Waals surface area contributed by atoms with Gasteiger partial charge in [-0.2, -0.15) is 10.5 Å². The molecule has 1 aliphatic heterocycles. The number of benzene rings is 6. The number of rotatable bonds is 5. The first-order chi connectivity index (χ1) is 24.1. The average molecular weight is 707 g/mol. The molecule has 240 valence electrons. The van der Waals surface area contributed by atoms with E-state index in [1.165, 1.54) is 48.5 Å². The van der Waals surface area contributed by atoms with E-state index in [2.05, 4.69) is 0 Å². The van der Waals surface area contributed by atoms with Gasteiger partial charge in [-0.3, -0.25) is 0 Å². The molecule has 50 heavy (non-hydrogen) atoms. The predicted molar refractivity (Wildman–Crippen MR) is 191 cm³/mol. The van der Waals surface area contributed by atoms with Crippen molar-refractivity contribution in [2.45, 2.75) is 19.6 Å². The Labute approximate surface area is 289 Å². The molecule has 10 heteroatoms. The molecule has 0 fully saturated rings. The van der Waals surface area contributed by atoms with E-state index in [0.717, 1.165) is 0 Å². The summed E-state index contributed by atoms with van der Waals surface area (Å²) in [5, 5.41) is 21.5. The molecule has 2 aliphatic rings. The van der Waals surface area contributed by atoms with Gasteiger partial charge >= 0.3 is 0 Å². The van der Waals surface area contributed by atoms with Crippen LogP contribution in [0.5, 0.6) is 0 Å². The summed E-state index contributed by atoms with van der Waals surface area (Å²) in [6, 6.07) is 41.7. The second-order valence-electron chi connectivity index (χ2n) is 11.9. The molecule has 1 heterocycles. The van der Waals surface area contributed by atoms with Crippen LogP contribution in [0.3, 0.4) is 0 Å². The number of nitriles is 2. The van der Waals surface area contributed by atoms with Crippen LogP contribution in [-0.4, -0.2) is 16.8 Å². The van der Waals surface area contributed by atoms with E-state index >= 15 is 4.57 Å². The van der Waals surface area contributed by atoms with Gasteiger partial charge in [-0.25, -0.2) is 16.8 Å². The highest BCUT2D eigenvalue weighted by atomic mass is 32.2. The molecule has 0 saturated heterocycles. The standard InChI is InChI=1S/C40H23N2O5PS2/c41-24-26(25-42)40-36-20-30(49(44,45)28-12-6-2-7-13-28)16-18-32(36)34-22-35-33-19-17-31(50(46,47)29-14-8-3-9-15-29)21-38(33)48(43,39(35)23-37(34)40)27-10-4-1-5-11-27/h1-23H. The largest absolute Gasteiger partial charge is 0.309 e. The van der Waals surface area contributed by atoms with E-state index in [4.69, 9.17) is 0 Å². The summed E-state index contributed by atoms with van der Waals surface area (Å²) < 4.78 is 70.4. The molecule has 1 atom stereocenters. The molecule has 8 rings (SSSR count). The van der Waals surface area contributed by atoms with Crippen LogP contribution in [-0.2, 0) is 24.2 Å². The Balaban J connectivity index is 1.39. The molecule has 6 aromatic carbocycles. The first-order valence-corrected chi connectivity index (χ1v) is 20.1. The number of sulfone groups is 2. The van der Waals surface area contributed by atoms with Crippen LogP contribution in [0, 0.1) is 22.7 Å². The van der Waals surface area contributed by atoms with Gasteiger partial charge in [0.05, 0.1) is 19.6 Å². The SMILES string of the molecule is N#CC(C#N)=C1c2cc(S(=O)(=O)c3ccccc3)ccc2-c2cc3c(cc21)P(=O)(c1ccccc1)c1cc(S(=O)(=O)c2ccccc2)ccc1-3. The molecule has 0 amide bonds. The highest BCUT2D eigenvalue weighted by molar-refractivity contribution is 7.92. The zero-order valence-electron chi connectivity index (χ0n) is 26.0. The van der Waals surface area contributed by atoms with Crippen LogP contribution >= 0.6 is 7.14 Å². The van der Waals surface area contributed by atoms with E-state index in [-0.39, 0.29) is 30.7 Å². The van der Waals surface area contributed by atoms with Gasteiger partial charge in [-0.05, 0) is 94.0 Å². The van der Waals surface area contributed by atoms with Gasteiger partial charge in [-0.15, -0.1) is 0 Å². The third-order valence-electron chi connectivity index (χ3n) is 9.21. The third kappa shape index (κ3) is 4.49. The lowest BCUT2D eigenvalue weighted by Gasteiger charge is -2.17. The van der Waals surface area contributed by atoms with E-state index in [0.29, 0.717) is 49.3 Å². The fourth-order valence-electron chi connectivity index (χ4n) is 6.86. The third-order valence-corrected chi connectivity index (χ3v) is 15.9. The molecule has 1 aliphatic carbocycles. The fraction of sp³-hybridized carbons (Fsp3) is 0. The summed E-state index contributed by atoms with van der Waals surface area (Å²) in [6.07, 6.45) is 0. The highest BCUT2D eigenvalue weighted by Gasteiger charge is 2.43. The Morgan fingerprint density at radius 3 is 1.50 bits per heavy atom. The molecule has 1 unspecified atom stereocenters. The summed E-state index contributed by atoms with van der Waals surface area (Å²) in [5.74, 6) is 0. The second-order valence-corrected chi connectivity index (χ2v) is 18.5. The van der Waals surface area contributed by atoms with E-state index in [9.17, 15) is 27.4 Å². The van der Waals surface area contributed by atoms with Crippen LogP contribution < -0.4 is 15.9 Å². The summed E-state index contributed by atoms with van der Waals surface area (Å²) >= 11 is 0. The lowest BCUT2D eigenvalue weighted by atomic mass is 9.96. The van der Waals surface area contributed by atoms with Gasteiger partial charge in [0, 0.05) is 21.5 Å². The molecule has 0 aromatic heterocycles. The fourth-order valence-corrected chi connectivity index (χ4v) is 12.7.